The highest BCUT2D eigenvalue weighted by molar-refractivity contribution is 7.80. The lowest BCUT2D eigenvalue weighted by atomic mass is 10.3. The number of hydrogen-bond donors (Lipinski definition) is 4. The molecular formula is C12H12N4O2S. The summed E-state index contributed by atoms with van der Waals surface area (Å²) >= 11 is 5.12. The average Bonchev–Trinajstić information content (AvgIpc) is 2.40. The molecule has 0 aliphatic carbocycles. The van der Waals surface area contributed by atoms with Gasteiger partial charge >= 0.3 is 0 Å². The fourth-order valence-electron chi connectivity index (χ4n) is 1.41. The highest BCUT2D eigenvalue weighted by Crippen LogP contribution is 2.11. The molecule has 1 heterocycles. The third-order valence-corrected chi connectivity index (χ3v) is 2.50. The minimum atomic E-state index is -0.958. The number of nitrogens with one attached hydrogen (secondary N) is 3. The number of hydrogen-bond acceptors (Lipinski definition) is 4. The summed E-state index contributed by atoms with van der Waals surface area (Å²) in [6, 6.07) is 11.8. The van der Waals surface area contributed by atoms with Crippen molar-refractivity contribution in [1.29, 1.82) is 0 Å². The first-order valence-electron chi connectivity index (χ1n) is 5.47. The van der Waals surface area contributed by atoms with Crippen molar-refractivity contribution in [2.75, 3.05) is 10.6 Å². The molecule has 0 bridgehead atoms. The summed E-state index contributed by atoms with van der Waals surface area (Å²) in [5.74, 6) is 0.641. The first-order valence-corrected chi connectivity index (χ1v) is 5.88. The lowest BCUT2D eigenvalue weighted by Gasteiger charge is -2.13. The zero-order valence-corrected chi connectivity index (χ0v) is 10.6. The maximum atomic E-state index is 10.7. The molecule has 0 saturated carbocycles. The molecule has 98 valence electrons. The second-order valence-corrected chi connectivity index (χ2v) is 4.08. The van der Waals surface area contributed by atoms with E-state index in [2.05, 4.69) is 15.6 Å². The molecule has 0 spiro atoms. The van der Waals surface area contributed by atoms with E-state index < -0.39 is 5.23 Å². The van der Waals surface area contributed by atoms with Gasteiger partial charge in [-0.05, 0) is 36.5 Å². The van der Waals surface area contributed by atoms with Gasteiger partial charge in [-0.25, -0.2) is 10.2 Å². The van der Waals surface area contributed by atoms with Gasteiger partial charge in [-0.2, -0.15) is 5.23 Å². The van der Waals surface area contributed by atoms with Crippen molar-refractivity contribution in [1.82, 2.24) is 4.98 Å². The van der Waals surface area contributed by atoms with Crippen LogP contribution in [0, 0.1) is 5.21 Å². The number of nitrogens with zero attached hydrogens (tertiary/aromatic N) is 1. The SMILES string of the molecule is [O-][NH+](O)c1ccc(NC(=S)Nc2ccccn2)cc1. The maximum absolute atomic E-state index is 10.7. The van der Waals surface area contributed by atoms with E-state index in [4.69, 9.17) is 17.4 Å². The lowest BCUT2D eigenvalue weighted by molar-refractivity contribution is -0.991. The fourth-order valence-corrected chi connectivity index (χ4v) is 1.63. The van der Waals surface area contributed by atoms with Gasteiger partial charge in [-0.1, -0.05) is 6.07 Å². The zero-order valence-electron chi connectivity index (χ0n) is 9.83. The quantitative estimate of drug-likeness (QED) is 0.499. The molecule has 1 aromatic carbocycles. The molecule has 6 nitrogen and oxygen atoms in total. The van der Waals surface area contributed by atoms with E-state index in [1.807, 2.05) is 12.1 Å². The third kappa shape index (κ3) is 3.97. The minimum absolute atomic E-state index is 0.231. The van der Waals surface area contributed by atoms with Crippen LogP contribution in [-0.2, 0) is 0 Å². The van der Waals surface area contributed by atoms with E-state index in [-0.39, 0.29) is 5.69 Å². The highest BCUT2D eigenvalue weighted by atomic mass is 32.1. The van der Waals surface area contributed by atoms with Crippen LogP contribution in [0.3, 0.4) is 0 Å². The van der Waals surface area contributed by atoms with Gasteiger partial charge in [0, 0.05) is 24.0 Å². The fraction of sp³-hybridized carbons (Fsp3) is 0. The number of benzene rings is 1. The van der Waals surface area contributed by atoms with Crippen LogP contribution in [0.25, 0.3) is 0 Å². The van der Waals surface area contributed by atoms with Crippen molar-refractivity contribution in [3.05, 3.63) is 53.9 Å². The molecule has 19 heavy (non-hydrogen) atoms. The van der Waals surface area contributed by atoms with Crippen LogP contribution >= 0.6 is 12.2 Å². The van der Waals surface area contributed by atoms with Gasteiger partial charge < -0.3 is 15.8 Å². The molecular weight excluding hydrogens is 264 g/mol. The number of pyridine rings is 1. The first-order chi connectivity index (χ1) is 9.15. The number of aromatic nitrogens is 1. The summed E-state index contributed by atoms with van der Waals surface area (Å²) in [4.78, 5) is 4.08. The zero-order chi connectivity index (χ0) is 13.7. The van der Waals surface area contributed by atoms with E-state index in [0.29, 0.717) is 16.6 Å². The van der Waals surface area contributed by atoms with Gasteiger partial charge in [0.25, 0.3) is 0 Å². The van der Waals surface area contributed by atoms with Gasteiger partial charge in [0.1, 0.15) is 5.82 Å². The second-order valence-electron chi connectivity index (χ2n) is 3.68. The summed E-state index contributed by atoms with van der Waals surface area (Å²) in [6.07, 6.45) is 1.66. The van der Waals surface area contributed by atoms with Crippen molar-refractivity contribution in [3.63, 3.8) is 0 Å². The van der Waals surface area contributed by atoms with Crippen LogP contribution in [0.4, 0.5) is 17.2 Å². The molecule has 1 unspecified atom stereocenters. The standard InChI is InChI=1S/C12H12N4O2S/c17-16(18)10-6-4-9(5-7-10)14-12(19)15-11-3-1-2-8-13-11/h1-8,16-17H,(H2,13,14,15,19). The van der Waals surface area contributed by atoms with Crippen LogP contribution in [-0.4, -0.2) is 15.3 Å². The number of anilines is 2. The van der Waals surface area contributed by atoms with E-state index in [1.54, 1.807) is 24.4 Å². The Balaban J connectivity index is 1.95. The summed E-state index contributed by atoms with van der Waals surface area (Å²) in [7, 11) is 0. The molecule has 1 atom stereocenters. The molecule has 2 aromatic rings. The molecule has 0 amide bonds. The summed E-state index contributed by atoms with van der Waals surface area (Å²) in [6.45, 7) is 0. The van der Waals surface area contributed by atoms with Gasteiger partial charge in [-0.15, -0.1) is 0 Å². The second kappa shape index (κ2) is 6.21. The Kier molecular flexibility index (Phi) is 4.37. The van der Waals surface area contributed by atoms with Crippen LogP contribution in [0.1, 0.15) is 0 Å². The van der Waals surface area contributed by atoms with Crippen LogP contribution in [0.5, 0.6) is 0 Å². The van der Waals surface area contributed by atoms with E-state index in [0.717, 1.165) is 0 Å². The predicted octanol–water partition coefficient (Wildman–Crippen LogP) is 1.29. The van der Waals surface area contributed by atoms with Crippen molar-refractivity contribution in [3.8, 4) is 0 Å². The molecule has 0 aliphatic rings. The molecule has 0 radical (unpaired) electrons. The molecule has 1 aromatic heterocycles. The van der Waals surface area contributed by atoms with Crippen LogP contribution in [0.15, 0.2) is 48.7 Å². The van der Waals surface area contributed by atoms with Crippen molar-refractivity contribution >= 4 is 34.5 Å². The average molecular weight is 276 g/mol. The molecule has 2 rings (SSSR count). The number of rotatable bonds is 3. The van der Waals surface area contributed by atoms with Crippen molar-refractivity contribution < 1.29 is 10.4 Å². The van der Waals surface area contributed by atoms with E-state index >= 15 is 0 Å². The number of thiocarbonyl (C=S) groups is 1. The van der Waals surface area contributed by atoms with E-state index in [1.165, 1.54) is 12.1 Å². The Hall–Kier alpha value is -2.06. The largest absolute Gasteiger partial charge is 0.595 e. The summed E-state index contributed by atoms with van der Waals surface area (Å²) in [5.41, 5.74) is 0.938. The topological polar surface area (TPSA) is 84.7 Å². The molecule has 4 N–H and O–H groups in total. The van der Waals surface area contributed by atoms with Crippen LogP contribution in [0.2, 0.25) is 0 Å². The third-order valence-electron chi connectivity index (χ3n) is 2.30. The number of quaternary nitrogens is 1. The predicted molar refractivity (Wildman–Crippen MR) is 76.3 cm³/mol. The minimum Gasteiger partial charge on any atom is -0.595 e. The molecule has 0 fully saturated rings. The van der Waals surface area contributed by atoms with Gasteiger partial charge in [-0.3, -0.25) is 0 Å². The van der Waals surface area contributed by atoms with Crippen molar-refractivity contribution in [2.24, 2.45) is 0 Å². The Labute approximate surface area is 115 Å². The molecule has 0 aliphatic heterocycles. The summed E-state index contributed by atoms with van der Waals surface area (Å²) < 4.78 is 0. The normalized spacial score (nSPS) is 11.7. The van der Waals surface area contributed by atoms with Gasteiger partial charge in [0.2, 0.25) is 0 Å². The van der Waals surface area contributed by atoms with Crippen molar-refractivity contribution in [2.45, 2.75) is 0 Å². The van der Waals surface area contributed by atoms with E-state index in [9.17, 15) is 5.21 Å². The summed E-state index contributed by atoms with van der Waals surface area (Å²) in [5, 5.41) is 24.8. The van der Waals surface area contributed by atoms with Gasteiger partial charge in [0.15, 0.2) is 10.8 Å². The maximum Gasteiger partial charge on any atom is 0.176 e. The Morgan fingerprint density at radius 1 is 1.16 bits per heavy atom. The highest BCUT2D eigenvalue weighted by Gasteiger charge is 2.02. The molecule has 7 heteroatoms. The van der Waals surface area contributed by atoms with Gasteiger partial charge in [0.05, 0.1) is 0 Å². The lowest BCUT2D eigenvalue weighted by Crippen LogP contribution is -2.99. The molecule has 0 saturated heterocycles. The monoisotopic (exact) mass is 276 g/mol. The Morgan fingerprint density at radius 2 is 1.89 bits per heavy atom. The smallest absolute Gasteiger partial charge is 0.176 e. The Morgan fingerprint density at radius 3 is 2.47 bits per heavy atom. The Bertz CT molecular complexity index is 545. The first kappa shape index (κ1) is 13.4. The van der Waals surface area contributed by atoms with Crippen LogP contribution < -0.4 is 15.9 Å².